The van der Waals surface area contributed by atoms with Crippen LogP contribution >= 0.6 is 0 Å². The second-order valence-corrected chi connectivity index (χ2v) is 7.04. The Kier molecular flexibility index (Phi) is 6.30. The van der Waals surface area contributed by atoms with Gasteiger partial charge in [-0.2, -0.15) is 0 Å². The molecule has 1 fully saturated rings. The van der Waals surface area contributed by atoms with Crippen molar-refractivity contribution in [2.75, 3.05) is 14.2 Å². The van der Waals surface area contributed by atoms with Crippen LogP contribution in [0.15, 0.2) is 0 Å². The molecule has 0 amide bonds. The van der Waals surface area contributed by atoms with Crippen LogP contribution in [-0.2, 0) is 25.3 Å². The molecule has 0 spiro atoms. The molecule has 77 valence electrons. The van der Waals surface area contributed by atoms with Gasteiger partial charge in [-0.15, -0.1) is 0 Å². The molecule has 1 aliphatic rings. The zero-order valence-electron chi connectivity index (χ0n) is 8.84. The monoisotopic (exact) mass is 221 g/mol. The van der Waals surface area contributed by atoms with Crippen molar-refractivity contribution in [2.24, 2.45) is 5.92 Å². The normalized spacial score (nSPS) is 18.9. The summed E-state index contributed by atoms with van der Waals surface area (Å²) in [5.41, 5.74) is 0. The van der Waals surface area contributed by atoms with E-state index in [1.54, 1.807) is 14.2 Å². The molecule has 0 aromatic carbocycles. The van der Waals surface area contributed by atoms with Crippen molar-refractivity contribution in [1.29, 1.82) is 0 Å². The van der Waals surface area contributed by atoms with Crippen LogP contribution in [0.5, 0.6) is 0 Å². The van der Waals surface area contributed by atoms with Crippen molar-refractivity contribution >= 4 is 0 Å². The summed E-state index contributed by atoms with van der Waals surface area (Å²) in [6, 6.07) is 0. The SMILES string of the molecule is C[O][Ti]([CH2]CC1CCCCC1)[O]C. The minimum atomic E-state index is -1.52. The molecule has 3 heteroatoms. The van der Waals surface area contributed by atoms with Gasteiger partial charge in [0, 0.05) is 0 Å². The molecule has 0 aromatic rings. The molecule has 0 heterocycles. The number of rotatable bonds is 5. The van der Waals surface area contributed by atoms with E-state index in [0.717, 1.165) is 5.92 Å². The Labute approximate surface area is 88.8 Å². The predicted molar refractivity (Wildman–Crippen MR) is 50.0 cm³/mol. The van der Waals surface area contributed by atoms with E-state index in [4.69, 9.17) is 6.64 Å². The van der Waals surface area contributed by atoms with E-state index in [1.165, 1.54) is 43.3 Å². The summed E-state index contributed by atoms with van der Waals surface area (Å²) in [6.45, 7) is 0. The summed E-state index contributed by atoms with van der Waals surface area (Å²) < 4.78 is 11.9. The topological polar surface area (TPSA) is 18.5 Å². The third-order valence-electron chi connectivity index (χ3n) is 2.94. The fraction of sp³-hybridized carbons (Fsp3) is 1.00. The first-order valence-electron chi connectivity index (χ1n) is 5.30. The Hall–Kier alpha value is 0.634. The van der Waals surface area contributed by atoms with Gasteiger partial charge < -0.3 is 0 Å². The van der Waals surface area contributed by atoms with Crippen LogP contribution in [0.1, 0.15) is 38.5 Å². The summed E-state index contributed by atoms with van der Waals surface area (Å²) in [7, 11) is 3.58. The molecule has 1 saturated carbocycles. The minimum absolute atomic E-state index is 0.974. The molecule has 0 saturated heterocycles. The van der Waals surface area contributed by atoms with Gasteiger partial charge >= 0.3 is 88.7 Å². The first-order chi connectivity index (χ1) is 6.36. The van der Waals surface area contributed by atoms with Crippen molar-refractivity contribution in [2.45, 2.75) is 43.3 Å². The van der Waals surface area contributed by atoms with Crippen molar-refractivity contribution < 1.29 is 25.3 Å². The molecular weight excluding hydrogens is 200 g/mol. The molecule has 0 radical (unpaired) electrons. The molecule has 0 unspecified atom stereocenters. The Morgan fingerprint density at radius 1 is 1.08 bits per heavy atom. The molecule has 1 rings (SSSR count). The molecule has 1 aliphatic carbocycles. The standard InChI is InChI=1S/C8H15.2CH3O.Ti/c1-2-8-6-4-3-5-7-8;2*1-2;/h8H,1-7H2;2*1H3;/q;2*-1;+2. The average molecular weight is 221 g/mol. The summed E-state index contributed by atoms with van der Waals surface area (Å²) >= 11 is -1.52. The molecule has 0 bridgehead atoms. The van der Waals surface area contributed by atoms with Gasteiger partial charge in [-0.3, -0.25) is 0 Å². The van der Waals surface area contributed by atoms with E-state index in [-0.39, 0.29) is 0 Å². The van der Waals surface area contributed by atoms with Crippen LogP contribution in [0.4, 0.5) is 0 Å². The van der Waals surface area contributed by atoms with Crippen molar-refractivity contribution in [3.63, 3.8) is 0 Å². The molecule has 13 heavy (non-hydrogen) atoms. The third-order valence-corrected chi connectivity index (χ3v) is 5.45. The van der Waals surface area contributed by atoms with Crippen LogP contribution in [-0.4, -0.2) is 14.2 Å². The predicted octanol–water partition coefficient (Wildman–Crippen LogP) is 3.12. The van der Waals surface area contributed by atoms with Crippen molar-refractivity contribution in [3.8, 4) is 0 Å². The van der Waals surface area contributed by atoms with Crippen LogP contribution in [0.3, 0.4) is 0 Å². The molecular formula is C10H21O2Ti. The van der Waals surface area contributed by atoms with E-state index in [2.05, 4.69) is 0 Å². The summed E-state index contributed by atoms with van der Waals surface area (Å²) in [5, 5.41) is 0. The second kappa shape index (κ2) is 7.00. The molecule has 0 aliphatic heterocycles. The summed E-state index contributed by atoms with van der Waals surface area (Å²) in [4.78, 5) is 0. The third kappa shape index (κ3) is 4.59. The van der Waals surface area contributed by atoms with E-state index < -0.39 is 18.6 Å². The van der Waals surface area contributed by atoms with E-state index in [1.807, 2.05) is 0 Å². The van der Waals surface area contributed by atoms with Gasteiger partial charge in [-0.1, -0.05) is 0 Å². The Morgan fingerprint density at radius 3 is 2.23 bits per heavy atom. The Balaban J connectivity index is 2.09. The quantitative estimate of drug-likeness (QED) is 0.664. The van der Waals surface area contributed by atoms with Crippen molar-refractivity contribution in [3.05, 3.63) is 0 Å². The Bertz CT molecular complexity index is 120. The molecule has 0 N–H and O–H groups in total. The van der Waals surface area contributed by atoms with E-state index >= 15 is 0 Å². The summed E-state index contributed by atoms with van der Waals surface area (Å²) in [5.74, 6) is 0.974. The van der Waals surface area contributed by atoms with Gasteiger partial charge in [0.25, 0.3) is 0 Å². The summed E-state index contributed by atoms with van der Waals surface area (Å²) in [6.07, 6.45) is 8.57. The molecule has 0 aromatic heterocycles. The van der Waals surface area contributed by atoms with Gasteiger partial charge in [0.05, 0.1) is 0 Å². The zero-order valence-corrected chi connectivity index (χ0v) is 10.4. The first kappa shape index (κ1) is 11.7. The van der Waals surface area contributed by atoms with Crippen LogP contribution < -0.4 is 0 Å². The van der Waals surface area contributed by atoms with E-state index in [9.17, 15) is 0 Å². The fourth-order valence-electron chi connectivity index (χ4n) is 2.09. The second-order valence-electron chi connectivity index (χ2n) is 3.82. The van der Waals surface area contributed by atoms with Crippen LogP contribution in [0.2, 0.25) is 4.73 Å². The van der Waals surface area contributed by atoms with Crippen LogP contribution in [0.25, 0.3) is 0 Å². The maximum absolute atomic E-state index is 5.33. The molecule has 0 atom stereocenters. The number of hydrogen-bond donors (Lipinski definition) is 0. The Morgan fingerprint density at radius 2 is 1.69 bits per heavy atom. The van der Waals surface area contributed by atoms with Gasteiger partial charge in [-0.05, 0) is 0 Å². The van der Waals surface area contributed by atoms with Crippen molar-refractivity contribution in [1.82, 2.24) is 0 Å². The zero-order chi connectivity index (χ0) is 9.52. The maximum atomic E-state index is 5.33. The number of hydrogen-bond acceptors (Lipinski definition) is 2. The van der Waals surface area contributed by atoms with E-state index in [0.29, 0.717) is 0 Å². The average Bonchev–Trinajstić information content (AvgIpc) is 2.21. The fourth-order valence-corrected chi connectivity index (χ4v) is 3.99. The van der Waals surface area contributed by atoms with Gasteiger partial charge in [-0.25, -0.2) is 0 Å². The van der Waals surface area contributed by atoms with Gasteiger partial charge in [0.1, 0.15) is 0 Å². The van der Waals surface area contributed by atoms with Gasteiger partial charge in [0.15, 0.2) is 0 Å². The molecule has 2 nitrogen and oxygen atoms in total. The first-order valence-corrected chi connectivity index (χ1v) is 7.68. The van der Waals surface area contributed by atoms with Crippen LogP contribution in [0, 0.1) is 5.92 Å². The van der Waals surface area contributed by atoms with Gasteiger partial charge in [0.2, 0.25) is 0 Å².